The Morgan fingerprint density at radius 2 is 1.88 bits per heavy atom. The van der Waals surface area contributed by atoms with Gasteiger partial charge in [0, 0.05) is 0 Å². The van der Waals surface area contributed by atoms with Crippen LogP contribution in [-0.4, -0.2) is 38.1 Å². The minimum Gasteiger partial charge on any atom is -0.461 e. The lowest BCUT2D eigenvalue weighted by Gasteiger charge is -2.37. The minimum atomic E-state index is -0.667. The summed E-state index contributed by atoms with van der Waals surface area (Å²) in [4.78, 5) is 15.5. The Bertz CT molecular complexity index is 745. The Morgan fingerprint density at radius 1 is 1.19 bits per heavy atom. The Kier molecular flexibility index (Phi) is 6.98. The quantitative estimate of drug-likeness (QED) is 0.479. The Morgan fingerprint density at radius 3 is 2.54 bits per heavy atom. The number of rotatable bonds is 9. The van der Waals surface area contributed by atoms with E-state index >= 15 is 0 Å². The van der Waals surface area contributed by atoms with E-state index in [1.54, 1.807) is 6.08 Å². The fourth-order valence-corrected chi connectivity index (χ4v) is 3.73. The third-order valence-corrected chi connectivity index (χ3v) is 5.13. The first kappa shape index (κ1) is 20.2. The SMILES string of the molecule is C=CCOC(=O)C(CCCN(C)C)(c1cccc2ccccc12)C(C)C. The molecule has 3 heteroatoms. The van der Waals surface area contributed by atoms with E-state index in [-0.39, 0.29) is 18.5 Å². The van der Waals surface area contributed by atoms with Crippen LogP contribution in [0.25, 0.3) is 10.8 Å². The zero-order chi connectivity index (χ0) is 19.2. The lowest BCUT2D eigenvalue weighted by Crippen LogP contribution is -2.43. The summed E-state index contributed by atoms with van der Waals surface area (Å²) in [7, 11) is 4.12. The number of benzene rings is 2. The number of ether oxygens (including phenoxy) is 1. The molecule has 2 aromatic rings. The maximum Gasteiger partial charge on any atom is 0.317 e. The normalized spacial score (nSPS) is 13.8. The first-order valence-corrected chi connectivity index (χ1v) is 9.34. The molecule has 1 atom stereocenters. The van der Waals surface area contributed by atoms with Gasteiger partial charge in [-0.05, 0) is 55.7 Å². The van der Waals surface area contributed by atoms with E-state index in [4.69, 9.17) is 4.74 Å². The van der Waals surface area contributed by atoms with Crippen LogP contribution in [0.3, 0.4) is 0 Å². The molecule has 2 aromatic carbocycles. The fourth-order valence-electron chi connectivity index (χ4n) is 3.73. The second kappa shape index (κ2) is 9.00. The van der Waals surface area contributed by atoms with Gasteiger partial charge in [0.25, 0.3) is 0 Å². The van der Waals surface area contributed by atoms with Crippen molar-refractivity contribution in [3.05, 3.63) is 60.7 Å². The molecule has 0 saturated carbocycles. The van der Waals surface area contributed by atoms with Crippen LogP contribution >= 0.6 is 0 Å². The van der Waals surface area contributed by atoms with Crippen molar-refractivity contribution in [3.63, 3.8) is 0 Å². The number of fused-ring (bicyclic) bond motifs is 1. The minimum absolute atomic E-state index is 0.118. The molecule has 0 N–H and O–H groups in total. The monoisotopic (exact) mass is 353 g/mol. The van der Waals surface area contributed by atoms with Crippen LogP contribution in [0, 0.1) is 5.92 Å². The second-order valence-electron chi connectivity index (χ2n) is 7.45. The van der Waals surface area contributed by atoms with Crippen LogP contribution in [0.15, 0.2) is 55.1 Å². The number of carbonyl (C=O) groups is 1. The smallest absolute Gasteiger partial charge is 0.317 e. The molecule has 0 aliphatic carbocycles. The van der Waals surface area contributed by atoms with E-state index in [1.807, 2.05) is 18.2 Å². The maximum absolute atomic E-state index is 13.3. The van der Waals surface area contributed by atoms with Crippen molar-refractivity contribution in [2.45, 2.75) is 32.1 Å². The van der Waals surface area contributed by atoms with Crippen LogP contribution in [0.4, 0.5) is 0 Å². The van der Waals surface area contributed by atoms with Gasteiger partial charge in [0.15, 0.2) is 0 Å². The predicted octanol–water partition coefficient (Wildman–Crippen LogP) is 4.80. The van der Waals surface area contributed by atoms with Crippen molar-refractivity contribution < 1.29 is 9.53 Å². The standard InChI is InChI=1S/C23H31NO2/c1-6-17-26-22(25)23(18(2)3,15-10-16-24(4)5)21-14-9-12-19-11-7-8-13-20(19)21/h6-9,11-14,18H,1,10,15-17H2,2-5H3. The highest BCUT2D eigenvalue weighted by Gasteiger charge is 2.45. The molecule has 0 aromatic heterocycles. The number of hydrogen-bond acceptors (Lipinski definition) is 3. The molecule has 26 heavy (non-hydrogen) atoms. The molecule has 3 nitrogen and oxygen atoms in total. The molecule has 0 saturated heterocycles. The average molecular weight is 354 g/mol. The third-order valence-electron chi connectivity index (χ3n) is 5.13. The summed E-state index contributed by atoms with van der Waals surface area (Å²) >= 11 is 0. The Hall–Kier alpha value is -2.13. The van der Waals surface area contributed by atoms with Gasteiger partial charge < -0.3 is 9.64 Å². The van der Waals surface area contributed by atoms with Gasteiger partial charge in [0.1, 0.15) is 6.61 Å². The molecule has 0 bridgehead atoms. The molecule has 140 valence electrons. The van der Waals surface area contributed by atoms with Crippen LogP contribution in [0.1, 0.15) is 32.3 Å². The molecular weight excluding hydrogens is 322 g/mol. The van der Waals surface area contributed by atoms with Crippen LogP contribution < -0.4 is 0 Å². The summed E-state index contributed by atoms with van der Waals surface area (Å²) in [5.74, 6) is -0.0321. The zero-order valence-electron chi connectivity index (χ0n) is 16.5. The van der Waals surface area contributed by atoms with Gasteiger partial charge in [-0.2, -0.15) is 0 Å². The molecular formula is C23H31NO2. The van der Waals surface area contributed by atoms with Crippen molar-refractivity contribution >= 4 is 16.7 Å². The zero-order valence-corrected chi connectivity index (χ0v) is 16.5. The molecule has 2 rings (SSSR count). The number of esters is 1. The first-order chi connectivity index (χ1) is 12.4. The van der Waals surface area contributed by atoms with Gasteiger partial charge in [0.05, 0.1) is 5.41 Å². The highest BCUT2D eigenvalue weighted by atomic mass is 16.5. The molecule has 0 radical (unpaired) electrons. The highest BCUT2D eigenvalue weighted by molar-refractivity contribution is 5.94. The average Bonchev–Trinajstić information content (AvgIpc) is 2.62. The molecule has 0 aliphatic rings. The predicted molar refractivity (Wildman–Crippen MR) is 109 cm³/mol. The molecule has 0 spiro atoms. The van der Waals surface area contributed by atoms with Gasteiger partial charge in [-0.3, -0.25) is 4.79 Å². The van der Waals surface area contributed by atoms with Crippen LogP contribution in [0.5, 0.6) is 0 Å². The summed E-state index contributed by atoms with van der Waals surface area (Å²) < 4.78 is 5.61. The number of hydrogen-bond donors (Lipinski definition) is 0. The van der Waals surface area contributed by atoms with E-state index in [9.17, 15) is 4.79 Å². The maximum atomic E-state index is 13.3. The second-order valence-corrected chi connectivity index (χ2v) is 7.45. The summed E-state index contributed by atoms with van der Waals surface area (Å²) in [6.45, 7) is 9.10. The Balaban J connectivity index is 2.59. The van der Waals surface area contributed by atoms with Gasteiger partial charge in [-0.25, -0.2) is 0 Å². The van der Waals surface area contributed by atoms with E-state index in [0.717, 1.165) is 35.7 Å². The van der Waals surface area contributed by atoms with E-state index in [1.165, 1.54) is 0 Å². The highest BCUT2D eigenvalue weighted by Crippen LogP contribution is 2.41. The van der Waals surface area contributed by atoms with Crippen LogP contribution in [0.2, 0.25) is 0 Å². The van der Waals surface area contributed by atoms with Gasteiger partial charge in [0.2, 0.25) is 0 Å². The lowest BCUT2D eigenvalue weighted by molar-refractivity contribution is -0.152. The molecule has 0 fully saturated rings. The van der Waals surface area contributed by atoms with E-state index in [2.05, 4.69) is 63.7 Å². The van der Waals surface area contributed by atoms with Crippen molar-refractivity contribution in [3.8, 4) is 0 Å². The molecule has 0 aliphatic heterocycles. The van der Waals surface area contributed by atoms with Crippen molar-refractivity contribution in [1.82, 2.24) is 4.90 Å². The summed E-state index contributed by atoms with van der Waals surface area (Å²) in [6, 6.07) is 14.5. The third kappa shape index (κ3) is 4.16. The number of nitrogens with zero attached hydrogens (tertiary/aromatic N) is 1. The summed E-state index contributed by atoms with van der Waals surface area (Å²) in [5, 5.41) is 2.28. The molecule has 1 unspecified atom stereocenters. The molecule has 0 amide bonds. The van der Waals surface area contributed by atoms with Crippen molar-refractivity contribution in [2.24, 2.45) is 5.92 Å². The van der Waals surface area contributed by atoms with E-state index in [0.29, 0.717) is 0 Å². The van der Waals surface area contributed by atoms with Crippen molar-refractivity contribution in [2.75, 3.05) is 27.2 Å². The van der Waals surface area contributed by atoms with E-state index < -0.39 is 5.41 Å². The number of carbonyl (C=O) groups excluding carboxylic acids is 1. The summed E-state index contributed by atoms with van der Waals surface area (Å²) in [6.07, 6.45) is 3.32. The largest absolute Gasteiger partial charge is 0.461 e. The van der Waals surface area contributed by atoms with Crippen molar-refractivity contribution in [1.29, 1.82) is 0 Å². The van der Waals surface area contributed by atoms with Gasteiger partial charge >= 0.3 is 5.97 Å². The Labute approximate surface area is 157 Å². The van der Waals surface area contributed by atoms with Crippen LogP contribution in [-0.2, 0) is 14.9 Å². The first-order valence-electron chi connectivity index (χ1n) is 9.34. The molecule has 0 heterocycles. The lowest BCUT2D eigenvalue weighted by atomic mass is 9.67. The van der Waals surface area contributed by atoms with Gasteiger partial charge in [-0.1, -0.05) is 69.0 Å². The fraction of sp³-hybridized carbons (Fsp3) is 0.435. The topological polar surface area (TPSA) is 29.5 Å². The summed E-state index contributed by atoms with van der Waals surface area (Å²) in [5.41, 5.74) is 0.401. The van der Waals surface area contributed by atoms with Gasteiger partial charge in [-0.15, -0.1) is 0 Å².